The highest BCUT2D eigenvalue weighted by molar-refractivity contribution is 7.89. The summed E-state index contributed by atoms with van der Waals surface area (Å²) in [4.78, 5) is 2.21. The number of phenolic OH excluding ortho intramolecular Hbond substituents is 1. The Bertz CT molecular complexity index is 530. The van der Waals surface area contributed by atoms with E-state index in [1.807, 2.05) is 0 Å². The van der Waals surface area contributed by atoms with Crippen molar-refractivity contribution < 1.29 is 13.5 Å². The van der Waals surface area contributed by atoms with Crippen molar-refractivity contribution in [2.45, 2.75) is 30.7 Å². The molecule has 6 heteroatoms. The second-order valence-electron chi connectivity index (χ2n) is 4.74. The molecular weight excluding hydrogens is 264 g/mol. The molecule has 0 spiro atoms. The number of hydrogen-bond donors (Lipinski definition) is 2. The highest BCUT2D eigenvalue weighted by Gasteiger charge is 2.25. The van der Waals surface area contributed by atoms with Crippen molar-refractivity contribution >= 4 is 10.0 Å². The summed E-state index contributed by atoms with van der Waals surface area (Å²) in [5.41, 5.74) is 0. The summed E-state index contributed by atoms with van der Waals surface area (Å²) >= 11 is 0. The summed E-state index contributed by atoms with van der Waals surface area (Å²) in [6.45, 7) is 4.43. The van der Waals surface area contributed by atoms with Crippen LogP contribution >= 0.6 is 0 Å². The number of rotatable bonds is 5. The fourth-order valence-electron chi connectivity index (χ4n) is 2.51. The maximum absolute atomic E-state index is 12.1. The number of sulfonamides is 1. The van der Waals surface area contributed by atoms with Gasteiger partial charge in [0, 0.05) is 12.6 Å². The van der Waals surface area contributed by atoms with E-state index in [0.717, 1.165) is 25.9 Å². The van der Waals surface area contributed by atoms with Crippen molar-refractivity contribution in [2.24, 2.45) is 0 Å². The first-order valence-corrected chi connectivity index (χ1v) is 8.04. The normalized spacial score (nSPS) is 20.8. The highest BCUT2D eigenvalue weighted by Crippen LogP contribution is 2.22. The van der Waals surface area contributed by atoms with Crippen LogP contribution in [0.3, 0.4) is 0 Å². The molecule has 0 aliphatic carbocycles. The summed E-state index contributed by atoms with van der Waals surface area (Å²) in [5.74, 6) is -0.214. The van der Waals surface area contributed by atoms with Gasteiger partial charge in [-0.2, -0.15) is 0 Å². The number of likely N-dealkylation sites (N-methyl/N-ethyl adjacent to an activating group) is 1. The van der Waals surface area contributed by atoms with Crippen LogP contribution in [0.1, 0.15) is 19.8 Å². The van der Waals surface area contributed by atoms with Crippen molar-refractivity contribution in [1.82, 2.24) is 9.62 Å². The Kier molecular flexibility index (Phi) is 4.44. The van der Waals surface area contributed by atoms with Crippen LogP contribution in [-0.2, 0) is 10.0 Å². The second-order valence-corrected chi connectivity index (χ2v) is 6.48. The average molecular weight is 284 g/mol. The van der Waals surface area contributed by atoms with Gasteiger partial charge in [-0.15, -0.1) is 0 Å². The molecular formula is C13H20N2O3S. The zero-order chi connectivity index (χ0) is 13.9. The van der Waals surface area contributed by atoms with Crippen LogP contribution in [0.5, 0.6) is 5.75 Å². The number of para-hydroxylation sites is 1. The number of aromatic hydroxyl groups is 1. The van der Waals surface area contributed by atoms with Gasteiger partial charge in [0.1, 0.15) is 10.6 Å². The van der Waals surface area contributed by atoms with Crippen LogP contribution in [0.4, 0.5) is 0 Å². The number of likely N-dealkylation sites (tertiary alicyclic amines) is 1. The third-order valence-corrected chi connectivity index (χ3v) is 5.04. The van der Waals surface area contributed by atoms with Crippen molar-refractivity contribution in [3.05, 3.63) is 24.3 Å². The Morgan fingerprint density at radius 3 is 2.84 bits per heavy atom. The van der Waals surface area contributed by atoms with E-state index < -0.39 is 10.0 Å². The number of nitrogens with zero attached hydrogens (tertiary/aromatic N) is 1. The third-order valence-electron chi connectivity index (χ3n) is 3.57. The van der Waals surface area contributed by atoms with Crippen LogP contribution in [0.15, 0.2) is 29.2 Å². The highest BCUT2D eigenvalue weighted by atomic mass is 32.2. The zero-order valence-corrected chi connectivity index (χ0v) is 11.9. The minimum Gasteiger partial charge on any atom is -0.507 e. The predicted octanol–water partition coefficient (Wildman–Crippen LogP) is 1.15. The first-order chi connectivity index (χ1) is 9.04. The number of benzene rings is 1. The van der Waals surface area contributed by atoms with E-state index >= 15 is 0 Å². The van der Waals surface area contributed by atoms with Gasteiger partial charge in [-0.1, -0.05) is 19.1 Å². The van der Waals surface area contributed by atoms with Crippen molar-refractivity contribution in [3.8, 4) is 5.75 Å². The summed E-state index contributed by atoms with van der Waals surface area (Å²) in [6, 6.07) is 6.24. The van der Waals surface area contributed by atoms with E-state index in [2.05, 4.69) is 16.5 Å². The molecule has 1 atom stereocenters. The molecule has 2 N–H and O–H groups in total. The standard InChI is InChI=1S/C13H20N2O3S/c1-2-15-9-5-6-11(15)10-14-19(17,18)13-8-4-3-7-12(13)16/h3-4,7-8,11,14,16H,2,5-6,9-10H2,1H3. The van der Waals surface area contributed by atoms with Gasteiger partial charge in [0.05, 0.1) is 0 Å². The van der Waals surface area contributed by atoms with Crippen LogP contribution in [0.2, 0.25) is 0 Å². The second kappa shape index (κ2) is 5.90. The molecule has 1 saturated heterocycles. The van der Waals surface area contributed by atoms with Crippen LogP contribution in [0.25, 0.3) is 0 Å². The van der Waals surface area contributed by atoms with Crippen LogP contribution in [0, 0.1) is 0 Å². The third kappa shape index (κ3) is 3.26. The van der Waals surface area contributed by atoms with Crippen LogP contribution < -0.4 is 4.72 Å². The minimum absolute atomic E-state index is 0.0592. The number of nitrogens with one attached hydrogen (secondary N) is 1. The fraction of sp³-hybridized carbons (Fsp3) is 0.538. The summed E-state index contributed by atoms with van der Waals surface area (Å²) in [6.07, 6.45) is 2.12. The minimum atomic E-state index is -3.64. The first kappa shape index (κ1) is 14.3. The summed E-state index contributed by atoms with van der Waals surface area (Å²) in [5, 5.41) is 9.61. The van der Waals surface area contributed by atoms with Gasteiger partial charge in [0.25, 0.3) is 0 Å². The van der Waals surface area contributed by atoms with Gasteiger partial charge >= 0.3 is 0 Å². The molecule has 1 aliphatic heterocycles. The van der Waals surface area contributed by atoms with E-state index in [4.69, 9.17) is 0 Å². The molecule has 0 radical (unpaired) electrons. The van der Waals surface area contributed by atoms with Crippen molar-refractivity contribution in [1.29, 1.82) is 0 Å². The Morgan fingerprint density at radius 2 is 2.16 bits per heavy atom. The first-order valence-electron chi connectivity index (χ1n) is 6.56. The van der Waals surface area contributed by atoms with Gasteiger partial charge in [-0.05, 0) is 38.1 Å². The Hall–Kier alpha value is -1.11. The van der Waals surface area contributed by atoms with E-state index in [9.17, 15) is 13.5 Å². The van der Waals surface area contributed by atoms with Crippen molar-refractivity contribution in [3.63, 3.8) is 0 Å². The summed E-state index contributed by atoms with van der Waals surface area (Å²) in [7, 11) is -3.64. The lowest BCUT2D eigenvalue weighted by atomic mass is 10.2. The van der Waals surface area contributed by atoms with Gasteiger partial charge in [0.2, 0.25) is 10.0 Å². The van der Waals surface area contributed by atoms with E-state index in [0.29, 0.717) is 6.54 Å². The fourth-order valence-corrected chi connectivity index (χ4v) is 3.68. The molecule has 1 aromatic carbocycles. The molecule has 19 heavy (non-hydrogen) atoms. The molecule has 2 rings (SSSR count). The largest absolute Gasteiger partial charge is 0.507 e. The lowest BCUT2D eigenvalue weighted by Crippen LogP contribution is -2.39. The Labute approximate surface area is 114 Å². The predicted molar refractivity (Wildman–Crippen MR) is 73.6 cm³/mol. The SMILES string of the molecule is CCN1CCCC1CNS(=O)(=O)c1ccccc1O. The molecule has 0 aromatic heterocycles. The maximum atomic E-state index is 12.1. The molecule has 1 unspecified atom stereocenters. The number of hydrogen-bond acceptors (Lipinski definition) is 4. The van der Waals surface area contributed by atoms with Gasteiger partial charge < -0.3 is 5.11 Å². The molecule has 0 amide bonds. The zero-order valence-electron chi connectivity index (χ0n) is 11.0. The van der Waals surface area contributed by atoms with E-state index in [1.165, 1.54) is 12.1 Å². The smallest absolute Gasteiger partial charge is 0.244 e. The molecule has 0 saturated carbocycles. The van der Waals surface area contributed by atoms with Gasteiger partial charge in [-0.25, -0.2) is 13.1 Å². The lowest BCUT2D eigenvalue weighted by Gasteiger charge is -2.22. The van der Waals surface area contributed by atoms with E-state index in [-0.39, 0.29) is 16.7 Å². The topological polar surface area (TPSA) is 69.6 Å². The molecule has 5 nitrogen and oxygen atoms in total. The van der Waals surface area contributed by atoms with Crippen LogP contribution in [-0.4, -0.2) is 44.1 Å². The number of phenols is 1. The Balaban J connectivity index is 2.04. The van der Waals surface area contributed by atoms with Crippen molar-refractivity contribution in [2.75, 3.05) is 19.6 Å². The Morgan fingerprint density at radius 1 is 1.42 bits per heavy atom. The van der Waals surface area contributed by atoms with E-state index in [1.54, 1.807) is 12.1 Å². The van der Waals surface area contributed by atoms with Gasteiger partial charge in [0.15, 0.2) is 0 Å². The summed E-state index contributed by atoms with van der Waals surface area (Å²) < 4.78 is 26.8. The quantitative estimate of drug-likeness (QED) is 0.851. The maximum Gasteiger partial charge on any atom is 0.244 e. The monoisotopic (exact) mass is 284 g/mol. The molecule has 1 fully saturated rings. The average Bonchev–Trinajstić information content (AvgIpc) is 2.84. The molecule has 1 aliphatic rings. The molecule has 0 bridgehead atoms. The van der Waals surface area contributed by atoms with Gasteiger partial charge in [-0.3, -0.25) is 4.90 Å². The lowest BCUT2D eigenvalue weighted by molar-refractivity contribution is 0.268. The molecule has 1 heterocycles. The molecule has 1 aromatic rings. The molecule has 106 valence electrons.